The van der Waals surface area contributed by atoms with E-state index in [0.717, 1.165) is 24.1 Å². The third kappa shape index (κ3) is 5.93. The average molecular weight is 350 g/mol. The Morgan fingerprint density at radius 1 is 1.04 bits per heavy atom. The SMILES string of the molecule is CC[C@H](COC(=O)CCc1ccc(C(F)(F)F)cc1)c1ccccc1. The van der Waals surface area contributed by atoms with Crippen molar-refractivity contribution in [3.63, 3.8) is 0 Å². The van der Waals surface area contributed by atoms with Crippen LogP contribution in [-0.2, 0) is 22.1 Å². The van der Waals surface area contributed by atoms with Gasteiger partial charge < -0.3 is 4.74 Å². The van der Waals surface area contributed by atoms with E-state index in [2.05, 4.69) is 0 Å². The summed E-state index contributed by atoms with van der Waals surface area (Å²) in [4.78, 5) is 11.9. The largest absolute Gasteiger partial charge is 0.465 e. The molecule has 0 N–H and O–H groups in total. The van der Waals surface area contributed by atoms with Crippen LogP contribution in [0.4, 0.5) is 13.2 Å². The molecule has 0 amide bonds. The van der Waals surface area contributed by atoms with Gasteiger partial charge in [-0.15, -0.1) is 0 Å². The number of carbonyl (C=O) groups excluding carboxylic acids is 1. The van der Waals surface area contributed by atoms with Crippen molar-refractivity contribution in [1.82, 2.24) is 0 Å². The number of esters is 1. The smallest absolute Gasteiger partial charge is 0.416 e. The van der Waals surface area contributed by atoms with E-state index in [0.29, 0.717) is 18.6 Å². The Labute approximate surface area is 145 Å². The number of benzene rings is 2. The van der Waals surface area contributed by atoms with Gasteiger partial charge in [0.05, 0.1) is 12.2 Å². The fraction of sp³-hybridized carbons (Fsp3) is 0.350. The predicted molar refractivity (Wildman–Crippen MR) is 90.2 cm³/mol. The second-order valence-corrected chi connectivity index (χ2v) is 5.89. The van der Waals surface area contributed by atoms with Crippen molar-refractivity contribution >= 4 is 5.97 Å². The lowest BCUT2D eigenvalue weighted by Crippen LogP contribution is -2.13. The molecule has 0 aromatic heterocycles. The molecule has 1 atom stereocenters. The van der Waals surface area contributed by atoms with Crippen molar-refractivity contribution < 1.29 is 22.7 Å². The summed E-state index contributed by atoms with van der Waals surface area (Å²) in [6.45, 7) is 2.35. The zero-order chi connectivity index (χ0) is 18.3. The van der Waals surface area contributed by atoms with Crippen LogP contribution in [0, 0.1) is 0 Å². The summed E-state index contributed by atoms with van der Waals surface area (Å²) in [7, 11) is 0. The molecular formula is C20H21F3O2. The van der Waals surface area contributed by atoms with Crippen LogP contribution in [0.25, 0.3) is 0 Å². The van der Waals surface area contributed by atoms with Crippen molar-refractivity contribution in [2.75, 3.05) is 6.61 Å². The molecule has 0 spiro atoms. The van der Waals surface area contributed by atoms with E-state index in [1.54, 1.807) is 0 Å². The Bertz CT molecular complexity index is 664. The summed E-state index contributed by atoms with van der Waals surface area (Å²) >= 11 is 0. The summed E-state index contributed by atoms with van der Waals surface area (Å²) in [6.07, 6.45) is -2.98. The molecule has 0 unspecified atom stereocenters. The molecule has 0 aliphatic rings. The third-order valence-electron chi connectivity index (χ3n) is 4.11. The normalized spacial score (nSPS) is 12.6. The number of alkyl halides is 3. The van der Waals surface area contributed by atoms with E-state index < -0.39 is 11.7 Å². The van der Waals surface area contributed by atoms with Crippen molar-refractivity contribution in [3.8, 4) is 0 Å². The Kier molecular flexibility index (Phi) is 6.62. The average Bonchev–Trinajstić information content (AvgIpc) is 2.61. The second kappa shape index (κ2) is 8.70. The molecule has 0 aliphatic carbocycles. The minimum Gasteiger partial charge on any atom is -0.465 e. The van der Waals surface area contributed by atoms with Gasteiger partial charge in [-0.05, 0) is 36.1 Å². The maximum atomic E-state index is 12.5. The van der Waals surface area contributed by atoms with E-state index in [9.17, 15) is 18.0 Å². The molecule has 0 fully saturated rings. The number of hydrogen-bond acceptors (Lipinski definition) is 2. The number of rotatable bonds is 7. The van der Waals surface area contributed by atoms with Gasteiger partial charge in [-0.2, -0.15) is 13.2 Å². The highest BCUT2D eigenvalue weighted by Crippen LogP contribution is 2.29. The lowest BCUT2D eigenvalue weighted by molar-refractivity contribution is -0.144. The van der Waals surface area contributed by atoms with Crippen LogP contribution >= 0.6 is 0 Å². The molecule has 0 saturated carbocycles. The second-order valence-electron chi connectivity index (χ2n) is 5.89. The molecular weight excluding hydrogens is 329 g/mol. The molecule has 2 aromatic rings. The van der Waals surface area contributed by atoms with Gasteiger partial charge in [0, 0.05) is 12.3 Å². The standard InChI is InChI=1S/C20H21F3O2/c1-2-16(17-6-4-3-5-7-17)14-25-19(24)13-10-15-8-11-18(12-9-15)20(21,22)23/h3-9,11-12,16H,2,10,13-14H2,1H3/t16-/m1/s1. The minimum atomic E-state index is -4.34. The van der Waals surface area contributed by atoms with E-state index >= 15 is 0 Å². The number of hydrogen-bond donors (Lipinski definition) is 0. The number of carbonyl (C=O) groups is 1. The molecule has 0 heterocycles. The fourth-order valence-electron chi connectivity index (χ4n) is 2.55. The molecule has 134 valence electrons. The summed E-state index contributed by atoms with van der Waals surface area (Å²) in [5.74, 6) is -0.189. The molecule has 0 aliphatic heterocycles. The van der Waals surface area contributed by atoms with Gasteiger partial charge in [-0.3, -0.25) is 4.79 Å². The van der Waals surface area contributed by atoms with Crippen LogP contribution in [0.15, 0.2) is 54.6 Å². The lowest BCUT2D eigenvalue weighted by Gasteiger charge is -2.15. The summed E-state index contributed by atoms with van der Waals surface area (Å²) in [5, 5.41) is 0. The molecule has 0 saturated heterocycles. The van der Waals surface area contributed by atoms with Crippen molar-refractivity contribution in [1.29, 1.82) is 0 Å². The molecule has 2 aromatic carbocycles. The van der Waals surface area contributed by atoms with Crippen LogP contribution in [0.2, 0.25) is 0 Å². The van der Waals surface area contributed by atoms with E-state index in [1.807, 2.05) is 37.3 Å². The number of halogens is 3. The lowest BCUT2D eigenvalue weighted by atomic mass is 9.97. The first-order chi connectivity index (χ1) is 11.9. The zero-order valence-electron chi connectivity index (χ0n) is 14.1. The molecule has 5 heteroatoms. The first kappa shape index (κ1) is 19.0. The van der Waals surface area contributed by atoms with Crippen molar-refractivity contribution in [3.05, 3.63) is 71.3 Å². The quantitative estimate of drug-likeness (QED) is 0.627. The van der Waals surface area contributed by atoms with Crippen LogP contribution in [0.5, 0.6) is 0 Å². The fourth-order valence-corrected chi connectivity index (χ4v) is 2.55. The highest BCUT2D eigenvalue weighted by atomic mass is 19.4. The highest BCUT2D eigenvalue weighted by Gasteiger charge is 2.29. The molecule has 2 nitrogen and oxygen atoms in total. The van der Waals surface area contributed by atoms with Gasteiger partial charge in [0.2, 0.25) is 0 Å². The first-order valence-electron chi connectivity index (χ1n) is 8.27. The Balaban J connectivity index is 1.80. The Morgan fingerprint density at radius 3 is 2.24 bits per heavy atom. The maximum Gasteiger partial charge on any atom is 0.416 e. The molecule has 0 radical (unpaired) electrons. The van der Waals surface area contributed by atoms with Gasteiger partial charge in [-0.1, -0.05) is 49.4 Å². The molecule has 0 bridgehead atoms. The van der Waals surface area contributed by atoms with Crippen LogP contribution in [0.1, 0.15) is 42.4 Å². The molecule has 2 rings (SSSR count). The minimum absolute atomic E-state index is 0.149. The van der Waals surface area contributed by atoms with Gasteiger partial charge in [0.1, 0.15) is 0 Å². The number of ether oxygens (including phenoxy) is 1. The predicted octanol–water partition coefficient (Wildman–Crippen LogP) is 5.38. The van der Waals surface area contributed by atoms with Crippen LogP contribution < -0.4 is 0 Å². The van der Waals surface area contributed by atoms with Crippen LogP contribution in [-0.4, -0.2) is 12.6 Å². The van der Waals surface area contributed by atoms with Gasteiger partial charge >= 0.3 is 12.1 Å². The van der Waals surface area contributed by atoms with E-state index in [-0.39, 0.29) is 18.3 Å². The maximum absolute atomic E-state index is 12.5. The van der Waals surface area contributed by atoms with Crippen LogP contribution in [0.3, 0.4) is 0 Å². The summed E-state index contributed by atoms with van der Waals surface area (Å²) in [6, 6.07) is 14.7. The third-order valence-corrected chi connectivity index (χ3v) is 4.11. The summed E-state index contributed by atoms with van der Waals surface area (Å²) < 4.78 is 42.9. The van der Waals surface area contributed by atoms with E-state index in [4.69, 9.17) is 4.74 Å². The number of aryl methyl sites for hydroxylation is 1. The summed E-state index contributed by atoms with van der Waals surface area (Å²) in [5.41, 5.74) is 1.12. The first-order valence-corrected chi connectivity index (χ1v) is 8.27. The van der Waals surface area contributed by atoms with E-state index in [1.165, 1.54) is 12.1 Å². The Hall–Kier alpha value is -2.30. The van der Waals surface area contributed by atoms with Crippen molar-refractivity contribution in [2.24, 2.45) is 0 Å². The molecule has 25 heavy (non-hydrogen) atoms. The van der Waals surface area contributed by atoms with Crippen molar-refractivity contribution in [2.45, 2.75) is 38.3 Å². The monoisotopic (exact) mass is 350 g/mol. The van der Waals surface area contributed by atoms with Gasteiger partial charge in [0.15, 0.2) is 0 Å². The van der Waals surface area contributed by atoms with Gasteiger partial charge in [-0.25, -0.2) is 0 Å². The highest BCUT2D eigenvalue weighted by molar-refractivity contribution is 5.69. The van der Waals surface area contributed by atoms with Gasteiger partial charge in [0.25, 0.3) is 0 Å². The zero-order valence-corrected chi connectivity index (χ0v) is 14.1. The topological polar surface area (TPSA) is 26.3 Å². The Morgan fingerprint density at radius 2 is 1.68 bits per heavy atom.